The summed E-state index contributed by atoms with van der Waals surface area (Å²) < 4.78 is 0. The monoisotopic (exact) mass is 197 g/mol. The third-order valence-corrected chi connectivity index (χ3v) is 3.39. The van der Waals surface area contributed by atoms with Crippen LogP contribution in [0.25, 0.3) is 0 Å². The third-order valence-electron chi connectivity index (χ3n) is 2.29. The van der Waals surface area contributed by atoms with Crippen molar-refractivity contribution in [1.29, 1.82) is 0 Å². The van der Waals surface area contributed by atoms with Gasteiger partial charge in [-0.15, -0.1) is 0 Å². The fourth-order valence-electron chi connectivity index (χ4n) is 1.62. The van der Waals surface area contributed by atoms with Crippen molar-refractivity contribution < 1.29 is 4.79 Å². The minimum absolute atomic E-state index is 0.130. The quantitative estimate of drug-likeness (QED) is 0.678. The van der Waals surface area contributed by atoms with Crippen LogP contribution in [-0.4, -0.2) is 23.5 Å². The van der Waals surface area contributed by atoms with E-state index in [1.807, 2.05) is 11.8 Å². The number of hydrogen-bond donors (Lipinski definition) is 1. The van der Waals surface area contributed by atoms with Crippen LogP contribution < -0.4 is 5.32 Å². The molecule has 2 unspecified atom stereocenters. The third kappa shape index (κ3) is 3.31. The van der Waals surface area contributed by atoms with E-state index in [2.05, 4.69) is 23.4 Å². The summed E-state index contributed by atoms with van der Waals surface area (Å²) in [6, 6.07) is 0.353. The number of hydrogen-bond acceptors (Lipinski definition) is 2. The highest BCUT2D eigenvalue weighted by Gasteiger charge is 2.24. The molecule has 0 radical (unpaired) electrons. The molecule has 0 spiro atoms. The highest BCUT2D eigenvalue weighted by Crippen LogP contribution is 2.27. The van der Waals surface area contributed by atoms with Gasteiger partial charge in [-0.25, -0.2) is 0 Å². The van der Waals surface area contributed by atoms with Crippen LogP contribution in [0.5, 0.6) is 0 Å². The van der Waals surface area contributed by atoms with Gasteiger partial charge in [-0.3, -0.25) is 4.79 Å². The maximum Gasteiger partial charge on any atom is 0.296 e. The van der Waals surface area contributed by atoms with Gasteiger partial charge in [0.15, 0.2) is 0 Å². The summed E-state index contributed by atoms with van der Waals surface area (Å²) in [7, 11) is 0. The average molecular weight is 197 g/mol. The maximum atomic E-state index is 11.1. The van der Waals surface area contributed by atoms with E-state index in [0.29, 0.717) is 6.04 Å². The second-order valence-corrected chi connectivity index (χ2v) is 4.35. The largest absolute Gasteiger partial charge is 0.342 e. The van der Waals surface area contributed by atoms with E-state index < -0.39 is 0 Å². The Balaban J connectivity index is 2.30. The zero-order valence-corrected chi connectivity index (χ0v) is 8.91. The van der Waals surface area contributed by atoms with Gasteiger partial charge in [0, 0.05) is 11.3 Å². The normalized spacial score (nSPS) is 26.3. The van der Waals surface area contributed by atoms with Crippen molar-refractivity contribution in [2.24, 2.45) is 0 Å². The molecular weight excluding hydrogens is 182 g/mol. The van der Waals surface area contributed by atoms with Gasteiger partial charge in [0.2, 0.25) is 0 Å². The first-order valence-corrected chi connectivity index (χ1v) is 5.81. The Morgan fingerprint density at radius 2 is 2.31 bits per heavy atom. The van der Waals surface area contributed by atoms with Crippen LogP contribution in [0.1, 0.15) is 26.2 Å². The summed E-state index contributed by atoms with van der Waals surface area (Å²) >= 11 is 1.89. The van der Waals surface area contributed by atoms with Crippen LogP contribution in [0.3, 0.4) is 0 Å². The van der Waals surface area contributed by atoms with Crippen LogP contribution in [0.2, 0.25) is 0 Å². The molecule has 2 atom stereocenters. The fourth-order valence-corrected chi connectivity index (χ4v) is 2.42. The Labute approximate surface area is 83.9 Å². The predicted octanol–water partition coefficient (Wildman–Crippen LogP) is 1.41. The molecule has 1 N–H and O–H groups in total. The Bertz CT molecular complexity index is 241. The minimum Gasteiger partial charge on any atom is -0.342 e. The number of thioether (sulfide) groups is 1. The molecule has 0 aromatic carbocycles. The van der Waals surface area contributed by atoms with Crippen LogP contribution in [-0.2, 0) is 4.79 Å². The van der Waals surface area contributed by atoms with E-state index >= 15 is 0 Å². The molecule has 0 bridgehead atoms. The first kappa shape index (κ1) is 10.5. The first-order valence-electron chi connectivity index (χ1n) is 4.52. The van der Waals surface area contributed by atoms with Crippen molar-refractivity contribution in [3.8, 4) is 11.8 Å². The molecule has 0 aromatic heterocycles. The molecule has 1 saturated carbocycles. The van der Waals surface area contributed by atoms with Gasteiger partial charge in [0.1, 0.15) is 0 Å². The molecule has 1 fully saturated rings. The molecule has 2 nitrogen and oxygen atoms in total. The van der Waals surface area contributed by atoms with Crippen LogP contribution >= 0.6 is 11.8 Å². The molecule has 0 aliphatic heterocycles. The molecule has 0 aromatic rings. The molecule has 1 aliphatic rings. The van der Waals surface area contributed by atoms with Crippen LogP contribution in [0, 0.1) is 11.8 Å². The van der Waals surface area contributed by atoms with E-state index in [9.17, 15) is 4.79 Å². The highest BCUT2D eigenvalue weighted by atomic mass is 32.2. The van der Waals surface area contributed by atoms with Gasteiger partial charge in [0.25, 0.3) is 5.91 Å². The summed E-state index contributed by atoms with van der Waals surface area (Å²) in [5.74, 6) is 4.97. The Morgan fingerprint density at radius 1 is 1.54 bits per heavy atom. The topological polar surface area (TPSA) is 29.1 Å². The van der Waals surface area contributed by atoms with E-state index in [0.717, 1.165) is 18.1 Å². The molecule has 3 heteroatoms. The lowest BCUT2D eigenvalue weighted by molar-refractivity contribution is -0.116. The number of carbonyl (C=O) groups excluding carboxylic acids is 1. The number of nitrogens with one attached hydrogen (secondary N) is 1. The maximum absolute atomic E-state index is 11.1. The van der Waals surface area contributed by atoms with E-state index in [1.54, 1.807) is 6.92 Å². The van der Waals surface area contributed by atoms with E-state index in [1.165, 1.54) is 6.42 Å². The van der Waals surface area contributed by atoms with Gasteiger partial charge in [0.05, 0.1) is 0 Å². The number of rotatable bonds is 2. The first-order chi connectivity index (χ1) is 6.26. The molecule has 1 amide bonds. The smallest absolute Gasteiger partial charge is 0.296 e. The lowest BCUT2D eigenvalue weighted by Gasteiger charge is -2.09. The van der Waals surface area contributed by atoms with Crippen molar-refractivity contribution in [2.75, 3.05) is 6.26 Å². The summed E-state index contributed by atoms with van der Waals surface area (Å²) in [5.41, 5.74) is 0. The summed E-state index contributed by atoms with van der Waals surface area (Å²) in [5, 5.41) is 3.64. The molecular formula is C10H15NOS. The van der Waals surface area contributed by atoms with Crippen molar-refractivity contribution >= 4 is 17.7 Å². The molecule has 13 heavy (non-hydrogen) atoms. The van der Waals surface area contributed by atoms with Crippen LogP contribution in [0.15, 0.2) is 0 Å². The van der Waals surface area contributed by atoms with Gasteiger partial charge >= 0.3 is 0 Å². The summed E-state index contributed by atoms with van der Waals surface area (Å²) in [4.78, 5) is 11.1. The van der Waals surface area contributed by atoms with Gasteiger partial charge < -0.3 is 5.32 Å². The van der Waals surface area contributed by atoms with E-state index in [-0.39, 0.29) is 5.91 Å². The Hall–Kier alpha value is -0.620. The van der Waals surface area contributed by atoms with Gasteiger partial charge in [-0.05, 0) is 38.4 Å². The number of amides is 1. The Kier molecular flexibility index (Phi) is 4.17. The van der Waals surface area contributed by atoms with Crippen molar-refractivity contribution in [3.05, 3.63) is 0 Å². The summed E-state index contributed by atoms with van der Waals surface area (Å²) in [6.07, 6.45) is 5.54. The fraction of sp³-hybridized carbons (Fsp3) is 0.700. The van der Waals surface area contributed by atoms with Crippen molar-refractivity contribution in [2.45, 2.75) is 37.5 Å². The number of carbonyl (C=O) groups is 1. The van der Waals surface area contributed by atoms with Crippen molar-refractivity contribution in [1.82, 2.24) is 5.32 Å². The lowest BCUT2D eigenvalue weighted by Crippen LogP contribution is -2.31. The SMILES string of the molecule is CC#CC(=O)NC1CCC(SC)C1. The molecule has 0 heterocycles. The molecule has 0 saturated heterocycles. The predicted molar refractivity (Wildman–Crippen MR) is 56.5 cm³/mol. The Morgan fingerprint density at radius 3 is 2.85 bits per heavy atom. The molecule has 1 aliphatic carbocycles. The zero-order chi connectivity index (χ0) is 9.68. The minimum atomic E-state index is -0.130. The van der Waals surface area contributed by atoms with Gasteiger partial charge in [-0.1, -0.05) is 5.92 Å². The molecule has 1 rings (SSSR count). The van der Waals surface area contributed by atoms with Crippen LogP contribution in [0.4, 0.5) is 0 Å². The lowest BCUT2D eigenvalue weighted by atomic mass is 10.2. The van der Waals surface area contributed by atoms with Gasteiger partial charge in [-0.2, -0.15) is 11.8 Å². The van der Waals surface area contributed by atoms with Crippen molar-refractivity contribution in [3.63, 3.8) is 0 Å². The average Bonchev–Trinajstić information content (AvgIpc) is 2.52. The highest BCUT2D eigenvalue weighted by molar-refractivity contribution is 7.99. The standard InChI is InChI=1S/C10H15NOS/c1-3-4-10(12)11-8-5-6-9(7-8)13-2/h8-9H,5-7H2,1-2H3,(H,11,12). The zero-order valence-electron chi connectivity index (χ0n) is 8.09. The second-order valence-electron chi connectivity index (χ2n) is 3.22. The summed E-state index contributed by atoms with van der Waals surface area (Å²) in [6.45, 7) is 1.68. The van der Waals surface area contributed by atoms with E-state index in [4.69, 9.17) is 0 Å². The molecule has 72 valence electrons. The second kappa shape index (κ2) is 5.18.